The second-order valence-electron chi connectivity index (χ2n) is 3.91. The van der Waals surface area contributed by atoms with E-state index in [1.54, 1.807) is 14.0 Å². The maximum Gasteiger partial charge on any atom is 0.344 e. The van der Waals surface area contributed by atoms with E-state index in [9.17, 15) is 4.79 Å². The number of rotatable bonds is 9. The predicted molar refractivity (Wildman–Crippen MR) is 72.2 cm³/mol. The van der Waals surface area contributed by atoms with Crippen LogP contribution in [-0.2, 0) is 20.8 Å². The van der Waals surface area contributed by atoms with Crippen molar-refractivity contribution in [1.29, 1.82) is 0 Å². The van der Waals surface area contributed by atoms with Crippen molar-refractivity contribution in [2.75, 3.05) is 33.5 Å². The first-order chi connectivity index (χ1) is 9.26. The minimum absolute atomic E-state index is 0.0611. The van der Waals surface area contributed by atoms with E-state index in [2.05, 4.69) is 5.32 Å². The van der Waals surface area contributed by atoms with E-state index in [-0.39, 0.29) is 12.6 Å². The van der Waals surface area contributed by atoms with Gasteiger partial charge in [-0.25, -0.2) is 4.79 Å². The largest absolute Gasteiger partial charge is 0.482 e. The zero-order valence-corrected chi connectivity index (χ0v) is 11.5. The average Bonchev–Trinajstić information content (AvgIpc) is 2.42. The summed E-state index contributed by atoms with van der Waals surface area (Å²) in [5, 5.41) is 3.24. The molecule has 0 aliphatic rings. The molecule has 0 aromatic heterocycles. The summed E-state index contributed by atoms with van der Waals surface area (Å²) in [6.07, 6.45) is 0. The van der Waals surface area contributed by atoms with Gasteiger partial charge in [0.1, 0.15) is 5.75 Å². The minimum Gasteiger partial charge on any atom is -0.482 e. The van der Waals surface area contributed by atoms with Crippen molar-refractivity contribution in [3.8, 4) is 5.75 Å². The highest BCUT2D eigenvalue weighted by Crippen LogP contribution is 2.13. The number of methoxy groups -OCH3 is 1. The Morgan fingerprint density at radius 3 is 2.95 bits per heavy atom. The molecule has 0 unspecified atom stereocenters. The van der Waals surface area contributed by atoms with E-state index in [0.29, 0.717) is 19.0 Å². The Balaban J connectivity index is 2.36. The van der Waals surface area contributed by atoms with Crippen molar-refractivity contribution in [1.82, 2.24) is 5.32 Å². The molecule has 0 radical (unpaired) electrons. The Morgan fingerprint density at radius 1 is 1.37 bits per heavy atom. The predicted octanol–water partition coefficient (Wildman–Crippen LogP) is 1.36. The van der Waals surface area contributed by atoms with Crippen LogP contribution in [0.25, 0.3) is 0 Å². The molecule has 1 aromatic rings. The van der Waals surface area contributed by atoms with Crippen LogP contribution < -0.4 is 10.1 Å². The van der Waals surface area contributed by atoms with Crippen molar-refractivity contribution in [3.05, 3.63) is 29.8 Å². The molecule has 0 aliphatic heterocycles. The van der Waals surface area contributed by atoms with Crippen LogP contribution in [0.2, 0.25) is 0 Å². The van der Waals surface area contributed by atoms with Crippen molar-refractivity contribution >= 4 is 5.97 Å². The maximum absolute atomic E-state index is 11.2. The Bertz CT molecular complexity index is 381. The molecular weight excluding hydrogens is 246 g/mol. The molecule has 106 valence electrons. The first-order valence-electron chi connectivity index (χ1n) is 6.33. The van der Waals surface area contributed by atoms with Crippen LogP contribution in [-0.4, -0.2) is 39.4 Å². The van der Waals surface area contributed by atoms with Gasteiger partial charge in [-0.3, -0.25) is 0 Å². The summed E-state index contributed by atoms with van der Waals surface area (Å²) in [5.41, 5.74) is 1.09. The highest BCUT2D eigenvalue weighted by Gasteiger charge is 2.03. The van der Waals surface area contributed by atoms with Crippen molar-refractivity contribution in [2.24, 2.45) is 0 Å². The summed E-state index contributed by atoms with van der Waals surface area (Å²) in [6, 6.07) is 7.61. The van der Waals surface area contributed by atoms with Crippen LogP contribution in [0.3, 0.4) is 0 Å². The zero-order chi connectivity index (χ0) is 13.9. The van der Waals surface area contributed by atoms with Gasteiger partial charge in [0.25, 0.3) is 0 Å². The van der Waals surface area contributed by atoms with Gasteiger partial charge in [0, 0.05) is 20.2 Å². The van der Waals surface area contributed by atoms with Crippen LogP contribution in [0.4, 0.5) is 0 Å². The molecule has 1 aromatic carbocycles. The molecule has 0 bridgehead atoms. The highest BCUT2D eigenvalue weighted by molar-refractivity contribution is 5.71. The topological polar surface area (TPSA) is 56.8 Å². The van der Waals surface area contributed by atoms with Crippen LogP contribution in [0.15, 0.2) is 24.3 Å². The van der Waals surface area contributed by atoms with Gasteiger partial charge in [-0.15, -0.1) is 0 Å². The fourth-order valence-electron chi connectivity index (χ4n) is 1.50. The van der Waals surface area contributed by atoms with E-state index in [4.69, 9.17) is 14.2 Å². The number of hydrogen-bond acceptors (Lipinski definition) is 5. The minimum atomic E-state index is -0.355. The van der Waals surface area contributed by atoms with E-state index < -0.39 is 0 Å². The van der Waals surface area contributed by atoms with Gasteiger partial charge in [0.15, 0.2) is 6.61 Å². The molecule has 0 aliphatic carbocycles. The van der Waals surface area contributed by atoms with E-state index in [1.807, 2.05) is 24.3 Å². The van der Waals surface area contributed by atoms with Crippen molar-refractivity contribution in [3.63, 3.8) is 0 Å². The standard InChI is InChI=1S/C14H21NO4/c1-3-18-14(16)11-19-13-6-4-5-12(9-13)10-15-7-8-17-2/h4-6,9,15H,3,7-8,10-11H2,1-2H3. The number of ether oxygens (including phenoxy) is 3. The monoisotopic (exact) mass is 267 g/mol. The molecule has 0 atom stereocenters. The number of esters is 1. The van der Waals surface area contributed by atoms with Crippen LogP contribution in [0.1, 0.15) is 12.5 Å². The molecule has 0 fully saturated rings. The second-order valence-corrected chi connectivity index (χ2v) is 3.91. The molecule has 0 heterocycles. The van der Waals surface area contributed by atoms with Gasteiger partial charge >= 0.3 is 5.97 Å². The number of hydrogen-bond donors (Lipinski definition) is 1. The molecule has 5 heteroatoms. The summed E-state index contributed by atoms with van der Waals surface area (Å²) in [6.45, 7) is 4.29. The van der Waals surface area contributed by atoms with E-state index >= 15 is 0 Å². The number of benzene rings is 1. The summed E-state index contributed by atoms with van der Waals surface area (Å²) >= 11 is 0. The summed E-state index contributed by atoms with van der Waals surface area (Å²) in [4.78, 5) is 11.2. The molecule has 19 heavy (non-hydrogen) atoms. The van der Waals surface area contributed by atoms with Crippen LogP contribution in [0, 0.1) is 0 Å². The molecule has 1 N–H and O–H groups in total. The Morgan fingerprint density at radius 2 is 2.21 bits per heavy atom. The lowest BCUT2D eigenvalue weighted by Crippen LogP contribution is -2.18. The van der Waals surface area contributed by atoms with E-state index in [1.165, 1.54) is 0 Å². The summed E-state index contributed by atoms with van der Waals surface area (Å²) < 4.78 is 15.1. The van der Waals surface area contributed by atoms with E-state index in [0.717, 1.165) is 18.7 Å². The third kappa shape index (κ3) is 6.79. The van der Waals surface area contributed by atoms with Gasteiger partial charge < -0.3 is 19.5 Å². The van der Waals surface area contributed by atoms with Gasteiger partial charge in [0.05, 0.1) is 13.2 Å². The summed E-state index contributed by atoms with van der Waals surface area (Å²) in [7, 11) is 1.67. The van der Waals surface area contributed by atoms with Crippen LogP contribution in [0.5, 0.6) is 5.75 Å². The lowest BCUT2D eigenvalue weighted by Gasteiger charge is -2.08. The maximum atomic E-state index is 11.2. The molecule has 1 rings (SSSR count). The smallest absolute Gasteiger partial charge is 0.344 e. The number of carbonyl (C=O) groups excluding carboxylic acids is 1. The fourth-order valence-corrected chi connectivity index (χ4v) is 1.50. The number of nitrogens with one attached hydrogen (secondary N) is 1. The first-order valence-corrected chi connectivity index (χ1v) is 6.33. The molecular formula is C14H21NO4. The molecule has 0 amide bonds. The molecule has 5 nitrogen and oxygen atoms in total. The van der Waals surface area contributed by atoms with Gasteiger partial charge in [0.2, 0.25) is 0 Å². The second kappa shape index (κ2) is 9.35. The third-order valence-corrected chi connectivity index (χ3v) is 2.37. The Labute approximate surface area is 113 Å². The summed E-state index contributed by atoms with van der Waals surface area (Å²) in [5.74, 6) is 0.310. The Hall–Kier alpha value is -1.59. The van der Waals surface area contributed by atoms with Gasteiger partial charge in [-0.2, -0.15) is 0 Å². The average molecular weight is 267 g/mol. The highest BCUT2D eigenvalue weighted by atomic mass is 16.6. The van der Waals surface area contributed by atoms with Crippen molar-refractivity contribution in [2.45, 2.75) is 13.5 Å². The lowest BCUT2D eigenvalue weighted by molar-refractivity contribution is -0.145. The third-order valence-electron chi connectivity index (χ3n) is 2.37. The van der Waals surface area contributed by atoms with Gasteiger partial charge in [-0.1, -0.05) is 12.1 Å². The van der Waals surface area contributed by atoms with Gasteiger partial charge in [-0.05, 0) is 24.6 Å². The molecule has 0 spiro atoms. The normalized spacial score (nSPS) is 10.2. The first kappa shape index (κ1) is 15.5. The van der Waals surface area contributed by atoms with Crippen molar-refractivity contribution < 1.29 is 19.0 Å². The molecule has 0 saturated carbocycles. The SMILES string of the molecule is CCOC(=O)COc1cccc(CNCCOC)c1. The zero-order valence-electron chi connectivity index (χ0n) is 11.5. The quantitative estimate of drug-likeness (QED) is 0.541. The molecule has 0 saturated heterocycles. The fraction of sp³-hybridized carbons (Fsp3) is 0.500. The van der Waals surface area contributed by atoms with Crippen LogP contribution >= 0.6 is 0 Å². The lowest BCUT2D eigenvalue weighted by atomic mass is 10.2. The Kier molecular flexibility index (Phi) is 7.62. The number of carbonyl (C=O) groups is 1.